The maximum Gasteiger partial charge on any atom is 0.191 e. The number of hydrogen-bond acceptors (Lipinski definition) is 5. The van der Waals surface area contributed by atoms with Crippen LogP contribution in [0.2, 0.25) is 5.02 Å². The molecule has 0 aliphatic heterocycles. The minimum atomic E-state index is -0.356. The number of nitrogens with zero attached hydrogens (tertiary/aromatic N) is 3. The summed E-state index contributed by atoms with van der Waals surface area (Å²) in [5.74, 6) is 2.35. The summed E-state index contributed by atoms with van der Waals surface area (Å²) in [5, 5.41) is 9.72. The highest BCUT2D eigenvalue weighted by atomic mass is 35.5. The smallest absolute Gasteiger partial charge is 0.191 e. The number of ether oxygens (including phenoxy) is 2. The summed E-state index contributed by atoms with van der Waals surface area (Å²) in [4.78, 5) is 0. The zero-order chi connectivity index (χ0) is 20.8. The Balaban J connectivity index is 1.75. The molecule has 2 aromatic carbocycles. The quantitative estimate of drug-likeness (QED) is 0.320. The van der Waals surface area contributed by atoms with Crippen LogP contribution < -0.4 is 9.47 Å². The zero-order valence-corrected chi connectivity index (χ0v) is 17.7. The van der Waals surface area contributed by atoms with Gasteiger partial charge in [0.15, 0.2) is 17.1 Å². The first-order chi connectivity index (χ1) is 14.0. The Bertz CT molecular complexity index is 979. The lowest BCUT2D eigenvalue weighted by Gasteiger charge is -2.16. The molecule has 0 saturated carbocycles. The molecule has 152 valence electrons. The Hall–Kier alpha value is -2.51. The molecule has 0 N–H and O–H groups in total. The standard InChI is InChI=1S/C21H21ClFN3O2S/c1-4-11-26-20(14(2)28-18-9-7-17(27-3)8-10-18)24-25-21(26)29-13-15-5-6-16(23)12-19(15)22/h4-10,12,14H,1,11,13H2,2-3H3. The Kier molecular flexibility index (Phi) is 7.17. The first-order valence-electron chi connectivity index (χ1n) is 8.93. The van der Waals surface area contributed by atoms with Crippen molar-refractivity contribution < 1.29 is 13.9 Å². The van der Waals surface area contributed by atoms with Crippen molar-refractivity contribution in [1.29, 1.82) is 0 Å². The first-order valence-corrected chi connectivity index (χ1v) is 10.3. The van der Waals surface area contributed by atoms with Crippen molar-refractivity contribution in [2.45, 2.75) is 30.5 Å². The van der Waals surface area contributed by atoms with Crippen LogP contribution in [0.4, 0.5) is 4.39 Å². The number of methoxy groups -OCH3 is 1. The Morgan fingerprint density at radius 1 is 1.21 bits per heavy atom. The molecule has 0 radical (unpaired) electrons. The van der Waals surface area contributed by atoms with Crippen molar-refractivity contribution in [2.75, 3.05) is 7.11 Å². The van der Waals surface area contributed by atoms with Crippen LogP contribution in [0, 0.1) is 5.82 Å². The van der Waals surface area contributed by atoms with Crippen molar-refractivity contribution in [2.24, 2.45) is 0 Å². The van der Waals surface area contributed by atoms with Gasteiger partial charge in [-0.3, -0.25) is 4.57 Å². The van der Waals surface area contributed by atoms with Gasteiger partial charge < -0.3 is 9.47 Å². The molecule has 0 saturated heterocycles. The van der Waals surface area contributed by atoms with Crippen LogP contribution in [0.3, 0.4) is 0 Å². The first kappa shape index (κ1) is 21.2. The van der Waals surface area contributed by atoms with Crippen LogP contribution in [0.5, 0.6) is 11.5 Å². The summed E-state index contributed by atoms with van der Waals surface area (Å²) >= 11 is 7.60. The van der Waals surface area contributed by atoms with E-state index >= 15 is 0 Å². The van der Waals surface area contributed by atoms with Crippen LogP contribution in [-0.4, -0.2) is 21.9 Å². The monoisotopic (exact) mass is 433 g/mol. The van der Waals surface area contributed by atoms with Crippen LogP contribution in [0.15, 0.2) is 60.3 Å². The highest BCUT2D eigenvalue weighted by Crippen LogP contribution is 2.29. The van der Waals surface area contributed by atoms with Crippen LogP contribution in [0.25, 0.3) is 0 Å². The predicted molar refractivity (Wildman–Crippen MR) is 113 cm³/mol. The van der Waals surface area contributed by atoms with Gasteiger partial charge in [-0.15, -0.1) is 16.8 Å². The molecule has 0 aliphatic rings. The third-order valence-electron chi connectivity index (χ3n) is 4.16. The molecule has 1 unspecified atom stereocenters. The van der Waals surface area contributed by atoms with E-state index in [2.05, 4.69) is 16.8 Å². The second-order valence-corrected chi connectivity index (χ2v) is 7.55. The molecule has 0 bridgehead atoms. The molecule has 0 spiro atoms. The van der Waals surface area contributed by atoms with E-state index < -0.39 is 0 Å². The largest absolute Gasteiger partial charge is 0.497 e. The number of benzene rings is 2. The number of thioether (sulfide) groups is 1. The van der Waals surface area contributed by atoms with Gasteiger partial charge in [0.2, 0.25) is 0 Å². The van der Waals surface area contributed by atoms with Crippen molar-refractivity contribution in [3.05, 3.63) is 77.3 Å². The van der Waals surface area contributed by atoms with Crippen molar-refractivity contribution in [3.63, 3.8) is 0 Å². The lowest BCUT2D eigenvalue weighted by molar-refractivity contribution is 0.210. The number of aromatic nitrogens is 3. The van der Waals surface area contributed by atoms with E-state index in [1.807, 2.05) is 35.8 Å². The van der Waals surface area contributed by atoms with Gasteiger partial charge in [0.05, 0.1) is 7.11 Å². The fourth-order valence-corrected chi connectivity index (χ4v) is 3.97. The number of halogens is 2. The Morgan fingerprint density at radius 3 is 2.59 bits per heavy atom. The summed E-state index contributed by atoms with van der Waals surface area (Å²) in [6.45, 7) is 6.27. The van der Waals surface area contributed by atoms with E-state index in [1.165, 1.54) is 23.9 Å². The summed E-state index contributed by atoms with van der Waals surface area (Å²) in [5.41, 5.74) is 0.829. The molecular formula is C21H21ClFN3O2S. The molecular weight excluding hydrogens is 413 g/mol. The van der Waals surface area contributed by atoms with Gasteiger partial charge in [-0.1, -0.05) is 35.5 Å². The minimum Gasteiger partial charge on any atom is -0.497 e. The fraction of sp³-hybridized carbons (Fsp3) is 0.238. The lowest BCUT2D eigenvalue weighted by atomic mass is 10.2. The van der Waals surface area contributed by atoms with Gasteiger partial charge in [-0.2, -0.15) is 0 Å². The van der Waals surface area contributed by atoms with Gasteiger partial charge in [-0.25, -0.2) is 4.39 Å². The molecule has 3 rings (SSSR count). The highest BCUT2D eigenvalue weighted by Gasteiger charge is 2.19. The van der Waals surface area contributed by atoms with Gasteiger partial charge in [0.1, 0.15) is 17.3 Å². The van der Waals surface area contributed by atoms with E-state index in [0.29, 0.717) is 34.1 Å². The molecule has 8 heteroatoms. The third kappa shape index (κ3) is 5.31. The van der Waals surface area contributed by atoms with Crippen molar-refractivity contribution >= 4 is 23.4 Å². The molecule has 1 heterocycles. The number of hydrogen-bond donors (Lipinski definition) is 0. The molecule has 1 aromatic heterocycles. The maximum atomic E-state index is 13.2. The second-order valence-electron chi connectivity index (χ2n) is 6.20. The fourth-order valence-electron chi connectivity index (χ4n) is 2.70. The van der Waals surface area contributed by atoms with Gasteiger partial charge in [-0.05, 0) is 48.9 Å². The normalized spacial score (nSPS) is 11.9. The van der Waals surface area contributed by atoms with E-state index in [1.54, 1.807) is 19.3 Å². The lowest BCUT2D eigenvalue weighted by Crippen LogP contribution is -2.12. The number of allylic oxidation sites excluding steroid dienone is 1. The molecule has 0 fully saturated rings. The average molecular weight is 434 g/mol. The van der Waals surface area contributed by atoms with E-state index in [9.17, 15) is 4.39 Å². The molecule has 29 heavy (non-hydrogen) atoms. The van der Waals surface area contributed by atoms with E-state index in [-0.39, 0.29) is 11.9 Å². The average Bonchev–Trinajstić information content (AvgIpc) is 3.11. The van der Waals surface area contributed by atoms with E-state index in [0.717, 1.165) is 11.3 Å². The SMILES string of the molecule is C=CCn1c(SCc2ccc(F)cc2Cl)nnc1C(C)Oc1ccc(OC)cc1. The Morgan fingerprint density at radius 2 is 1.93 bits per heavy atom. The predicted octanol–water partition coefficient (Wildman–Crippen LogP) is 5.70. The van der Waals surface area contributed by atoms with Crippen LogP contribution in [-0.2, 0) is 12.3 Å². The van der Waals surface area contributed by atoms with Crippen LogP contribution >= 0.6 is 23.4 Å². The highest BCUT2D eigenvalue weighted by molar-refractivity contribution is 7.98. The minimum absolute atomic E-state index is 0.320. The second kappa shape index (κ2) is 9.80. The summed E-state index contributed by atoms with van der Waals surface area (Å²) in [6.07, 6.45) is 1.46. The van der Waals surface area contributed by atoms with Gasteiger partial charge in [0.25, 0.3) is 0 Å². The molecule has 5 nitrogen and oxygen atoms in total. The topological polar surface area (TPSA) is 49.2 Å². The van der Waals surface area contributed by atoms with Gasteiger partial charge >= 0.3 is 0 Å². The summed E-state index contributed by atoms with van der Waals surface area (Å²) in [6, 6.07) is 11.7. The zero-order valence-electron chi connectivity index (χ0n) is 16.1. The maximum absolute atomic E-state index is 13.2. The van der Waals surface area contributed by atoms with E-state index in [4.69, 9.17) is 21.1 Å². The molecule has 1 atom stereocenters. The van der Waals surface area contributed by atoms with Crippen LogP contribution in [0.1, 0.15) is 24.4 Å². The van der Waals surface area contributed by atoms with Gasteiger partial charge in [0, 0.05) is 17.3 Å². The number of rotatable bonds is 9. The van der Waals surface area contributed by atoms with Crippen molar-refractivity contribution in [1.82, 2.24) is 14.8 Å². The third-order valence-corrected chi connectivity index (χ3v) is 5.53. The summed E-state index contributed by atoms with van der Waals surface area (Å²) < 4.78 is 26.4. The molecule has 0 amide bonds. The van der Waals surface area contributed by atoms with Crippen molar-refractivity contribution in [3.8, 4) is 11.5 Å². The molecule has 3 aromatic rings. The summed E-state index contributed by atoms with van der Waals surface area (Å²) in [7, 11) is 1.62. The Labute approximate surface area is 178 Å². The molecule has 0 aliphatic carbocycles.